The van der Waals surface area contributed by atoms with Gasteiger partial charge in [-0.1, -0.05) is 323 Å². The summed E-state index contributed by atoms with van der Waals surface area (Å²) in [5.41, 5.74) is 0. The zero-order chi connectivity index (χ0) is 74.6. The van der Waals surface area contributed by atoms with Gasteiger partial charge in [0.2, 0.25) is 0 Å². The lowest BCUT2D eigenvalue weighted by molar-refractivity contribution is -0.161. The van der Waals surface area contributed by atoms with Crippen molar-refractivity contribution in [3.63, 3.8) is 0 Å². The van der Waals surface area contributed by atoms with Crippen molar-refractivity contribution >= 4 is 39.5 Å². The van der Waals surface area contributed by atoms with E-state index < -0.39 is 97.5 Å². The third-order valence-electron chi connectivity index (χ3n) is 16.8. The Morgan fingerprint density at radius 2 is 0.529 bits per heavy atom. The molecule has 5 atom stereocenters. The fourth-order valence-corrected chi connectivity index (χ4v) is 12.3. The van der Waals surface area contributed by atoms with Gasteiger partial charge in [0.25, 0.3) is 0 Å². The SMILES string of the molecule is CC/C=C\C/C=C\C/C=C\C/C=C\C/C=C\C/C=C\CCC(=O)OCC(COP(=O)(O)OCC(O)COP(=O)(O)OCC(COC(=O)CCCCCCC/C=C\C/C=C\C/C=C\CC)OC(=O)CCCCCCCCCCCCCCCCC)OC(=O)CCCCCCCCCCCCCCC. The molecule has 0 aliphatic carbocycles. The number of aliphatic hydroxyl groups is 1. The molecule has 102 heavy (non-hydrogen) atoms. The summed E-state index contributed by atoms with van der Waals surface area (Å²) >= 11 is 0. The number of ether oxygens (including phenoxy) is 4. The molecule has 0 aromatic rings. The van der Waals surface area contributed by atoms with E-state index in [1.54, 1.807) is 0 Å². The summed E-state index contributed by atoms with van der Waals surface area (Å²) in [6, 6.07) is 0. The van der Waals surface area contributed by atoms with E-state index in [0.29, 0.717) is 32.1 Å². The summed E-state index contributed by atoms with van der Waals surface area (Å²) in [6.45, 7) is 4.59. The topological polar surface area (TPSA) is 237 Å². The third-order valence-corrected chi connectivity index (χ3v) is 18.7. The summed E-state index contributed by atoms with van der Waals surface area (Å²) in [6.07, 6.45) is 80.8. The van der Waals surface area contributed by atoms with Gasteiger partial charge in [0.15, 0.2) is 12.2 Å². The van der Waals surface area contributed by atoms with Crippen molar-refractivity contribution in [2.24, 2.45) is 0 Å². The molecular weight excluding hydrogens is 1330 g/mol. The van der Waals surface area contributed by atoms with E-state index in [0.717, 1.165) is 135 Å². The Bertz CT molecular complexity index is 2360. The molecule has 3 N–H and O–H groups in total. The number of hydrogen-bond acceptors (Lipinski definition) is 15. The van der Waals surface area contributed by atoms with Crippen LogP contribution in [0.5, 0.6) is 0 Å². The van der Waals surface area contributed by atoms with Crippen LogP contribution in [0.4, 0.5) is 0 Å². The van der Waals surface area contributed by atoms with Gasteiger partial charge < -0.3 is 33.8 Å². The van der Waals surface area contributed by atoms with Gasteiger partial charge in [-0.3, -0.25) is 37.3 Å². The molecule has 19 heteroatoms. The maximum atomic E-state index is 13.1. The van der Waals surface area contributed by atoms with Crippen LogP contribution in [-0.2, 0) is 65.4 Å². The Kier molecular flexibility index (Phi) is 71.8. The number of phosphoric acid groups is 2. The first kappa shape index (κ1) is 97.7. The second kappa shape index (κ2) is 75.0. The van der Waals surface area contributed by atoms with Crippen molar-refractivity contribution in [1.29, 1.82) is 0 Å². The van der Waals surface area contributed by atoms with Gasteiger partial charge in [0, 0.05) is 25.7 Å². The van der Waals surface area contributed by atoms with E-state index in [1.807, 2.05) is 18.2 Å². The number of unbranched alkanes of at least 4 members (excludes halogenated alkanes) is 31. The maximum absolute atomic E-state index is 13.1. The Hall–Kier alpha value is -4.28. The summed E-state index contributed by atoms with van der Waals surface area (Å²) in [7, 11) is -9.97. The number of allylic oxidation sites excluding steroid dienone is 18. The largest absolute Gasteiger partial charge is 0.472 e. The van der Waals surface area contributed by atoms with Crippen molar-refractivity contribution < 1.29 is 80.2 Å². The molecule has 0 spiro atoms. The molecule has 0 aromatic carbocycles. The fourth-order valence-electron chi connectivity index (χ4n) is 10.7. The lowest BCUT2D eigenvalue weighted by Gasteiger charge is -2.21. The van der Waals surface area contributed by atoms with E-state index in [2.05, 4.69) is 119 Å². The summed E-state index contributed by atoms with van der Waals surface area (Å²) in [4.78, 5) is 73.0. The Labute approximate surface area is 619 Å². The molecule has 0 fully saturated rings. The molecule has 17 nitrogen and oxygen atoms in total. The van der Waals surface area contributed by atoms with Crippen LogP contribution in [0.25, 0.3) is 0 Å². The molecular formula is C83H144O17P2. The van der Waals surface area contributed by atoms with Crippen LogP contribution in [0.15, 0.2) is 109 Å². The van der Waals surface area contributed by atoms with Crippen LogP contribution < -0.4 is 0 Å². The third kappa shape index (κ3) is 74.0. The van der Waals surface area contributed by atoms with Gasteiger partial charge in [0.1, 0.15) is 19.3 Å². The molecule has 0 bridgehead atoms. The molecule has 0 saturated carbocycles. The fraction of sp³-hybridized carbons (Fsp3) is 0.735. The predicted molar refractivity (Wildman–Crippen MR) is 418 cm³/mol. The number of aliphatic hydroxyl groups excluding tert-OH is 1. The van der Waals surface area contributed by atoms with Crippen LogP contribution in [0, 0.1) is 0 Å². The Morgan fingerprint density at radius 1 is 0.284 bits per heavy atom. The second-order valence-corrected chi connectivity index (χ2v) is 29.5. The Morgan fingerprint density at radius 3 is 0.843 bits per heavy atom. The van der Waals surface area contributed by atoms with Crippen LogP contribution in [0.1, 0.15) is 336 Å². The minimum absolute atomic E-state index is 0.0373. The molecule has 5 unspecified atom stereocenters. The van der Waals surface area contributed by atoms with Gasteiger partial charge in [-0.2, -0.15) is 0 Å². The van der Waals surface area contributed by atoms with Gasteiger partial charge in [-0.25, -0.2) is 9.13 Å². The highest BCUT2D eigenvalue weighted by Gasteiger charge is 2.30. The summed E-state index contributed by atoms with van der Waals surface area (Å²) in [5, 5.41) is 10.6. The van der Waals surface area contributed by atoms with Gasteiger partial charge in [0.05, 0.1) is 26.4 Å². The molecule has 0 heterocycles. The molecule has 0 amide bonds. The number of carbonyl (C=O) groups is 4. The number of rotatable bonds is 75. The van der Waals surface area contributed by atoms with E-state index in [9.17, 15) is 43.2 Å². The minimum Gasteiger partial charge on any atom is -0.462 e. The van der Waals surface area contributed by atoms with Crippen molar-refractivity contribution in [2.45, 2.75) is 354 Å². The molecule has 0 aliphatic heterocycles. The van der Waals surface area contributed by atoms with Gasteiger partial charge >= 0.3 is 39.5 Å². The van der Waals surface area contributed by atoms with Gasteiger partial charge in [-0.05, 0) is 96.3 Å². The lowest BCUT2D eigenvalue weighted by atomic mass is 10.0. The molecule has 0 saturated heterocycles. The Balaban J connectivity index is 5.40. The summed E-state index contributed by atoms with van der Waals surface area (Å²) in [5.74, 6) is -2.27. The molecule has 588 valence electrons. The van der Waals surface area contributed by atoms with E-state index in [-0.39, 0.29) is 25.7 Å². The van der Waals surface area contributed by atoms with Crippen LogP contribution >= 0.6 is 15.6 Å². The van der Waals surface area contributed by atoms with Crippen molar-refractivity contribution in [2.75, 3.05) is 39.6 Å². The standard InChI is InChI=1S/C83H144O17P2/c1-5-9-13-17-21-25-29-33-36-37-38-39-42-45-48-52-56-60-64-68-81(86)94-73-78(99-82(87)69-65-61-57-53-49-43-32-28-24-20-16-12-8-4)75-97-101(89,90)95-71-77(84)72-96-102(91,92)98-76-79(100-83(88)70-66-62-58-54-50-46-41-35-31-27-23-19-15-11-7-3)74-93-80(85)67-63-59-55-51-47-44-40-34-30-26-22-18-14-10-6-2/h9-10,13-14,21-22,25-26,33-34,36,38-40,45,48,56,60,77-79,84H,5-8,11-12,15-20,23-24,27-32,35,37,41-44,46-47,49-55,57-59,61-76H2,1-4H3,(H,89,90)(H,91,92)/b13-9-,14-10-,25-21-,26-22-,36-33-,39-38-,40-34-,48-45-,60-56-. The van der Waals surface area contributed by atoms with Crippen molar-refractivity contribution in [1.82, 2.24) is 0 Å². The molecule has 0 rings (SSSR count). The van der Waals surface area contributed by atoms with Crippen molar-refractivity contribution in [3.05, 3.63) is 109 Å². The van der Waals surface area contributed by atoms with E-state index in [4.69, 9.17) is 37.0 Å². The van der Waals surface area contributed by atoms with Crippen LogP contribution in [0.3, 0.4) is 0 Å². The highest BCUT2D eigenvalue weighted by Crippen LogP contribution is 2.45. The number of phosphoric ester groups is 2. The van der Waals surface area contributed by atoms with Crippen LogP contribution in [0.2, 0.25) is 0 Å². The molecule has 0 aliphatic rings. The van der Waals surface area contributed by atoms with Crippen LogP contribution in [-0.4, -0.2) is 96.7 Å². The highest BCUT2D eigenvalue weighted by atomic mass is 31.2. The quantitative estimate of drug-likeness (QED) is 0.0169. The lowest BCUT2D eigenvalue weighted by Crippen LogP contribution is -2.30. The summed E-state index contributed by atoms with van der Waals surface area (Å²) < 4.78 is 68.5. The maximum Gasteiger partial charge on any atom is 0.472 e. The first-order chi connectivity index (χ1) is 49.7. The monoisotopic (exact) mass is 1470 g/mol. The zero-order valence-electron chi connectivity index (χ0n) is 64.3. The smallest absolute Gasteiger partial charge is 0.462 e. The van der Waals surface area contributed by atoms with E-state index in [1.165, 1.54) is 116 Å². The minimum atomic E-state index is -4.99. The predicted octanol–water partition coefficient (Wildman–Crippen LogP) is 23.3. The number of esters is 4. The number of carbonyl (C=O) groups excluding carboxylic acids is 4. The first-order valence-electron chi connectivity index (χ1n) is 40.1. The average molecular weight is 1480 g/mol. The normalized spacial score (nSPS) is 14.5. The highest BCUT2D eigenvalue weighted by molar-refractivity contribution is 7.47. The molecule has 0 aromatic heterocycles. The van der Waals surface area contributed by atoms with E-state index >= 15 is 0 Å². The number of hydrogen-bond donors (Lipinski definition) is 3. The second-order valence-electron chi connectivity index (χ2n) is 26.6. The zero-order valence-corrected chi connectivity index (χ0v) is 66.0. The van der Waals surface area contributed by atoms with Gasteiger partial charge in [-0.15, -0.1) is 0 Å². The average Bonchev–Trinajstić information content (AvgIpc) is 0.908. The molecule has 0 radical (unpaired) electrons. The first-order valence-corrected chi connectivity index (χ1v) is 43.1. The van der Waals surface area contributed by atoms with Crippen molar-refractivity contribution in [3.8, 4) is 0 Å².